The third-order valence-corrected chi connectivity index (χ3v) is 3.84. The topological polar surface area (TPSA) is 49.3 Å². The molecule has 2 unspecified atom stereocenters. The number of carboxylic acid groups (broad SMARTS) is 1. The molecule has 2 atom stereocenters. The van der Waals surface area contributed by atoms with Gasteiger partial charge in [0, 0.05) is 0 Å². The minimum Gasteiger partial charge on any atom is -0.480 e. The maximum absolute atomic E-state index is 11.5. The highest BCUT2D eigenvalue weighted by Gasteiger charge is 2.44. The van der Waals surface area contributed by atoms with E-state index in [0.717, 1.165) is 32.2 Å². The number of carbonyl (C=O) groups is 1. The highest BCUT2D eigenvalue weighted by molar-refractivity contribution is 5.79. The largest absolute Gasteiger partial charge is 0.480 e. The molecule has 0 aromatic carbocycles. The molecule has 94 valence electrons. The summed E-state index contributed by atoms with van der Waals surface area (Å²) >= 11 is 0. The predicted octanol–water partition coefficient (Wildman–Crippen LogP) is 2.66. The van der Waals surface area contributed by atoms with Crippen LogP contribution in [0.1, 0.15) is 52.9 Å². The molecule has 1 saturated carbocycles. The fourth-order valence-electron chi connectivity index (χ4n) is 2.59. The zero-order valence-corrected chi connectivity index (χ0v) is 10.8. The molecule has 0 aromatic heterocycles. The summed E-state index contributed by atoms with van der Waals surface area (Å²) in [7, 11) is 0. The van der Waals surface area contributed by atoms with Crippen molar-refractivity contribution in [3.63, 3.8) is 0 Å². The first-order chi connectivity index (χ1) is 7.49. The Hall–Kier alpha value is -0.570. The van der Waals surface area contributed by atoms with Crippen molar-refractivity contribution in [2.24, 2.45) is 11.8 Å². The van der Waals surface area contributed by atoms with Crippen LogP contribution in [0.5, 0.6) is 0 Å². The summed E-state index contributed by atoms with van der Waals surface area (Å²) in [6, 6.07) is 0. The normalized spacial score (nSPS) is 30.6. The van der Waals surface area contributed by atoms with Crippen LogP contribution in [-0.4, -0.2) is 23.2 Å². The van der Waals surface area contributed by atoms with Crippen LogP contribution < -0.4 is 5.32 Å². The summed E-state index contributed by atoms with van der Waals surface area (Å²) in [6.07, 6.45) is 5.05. The number of rotatable bonds is 5. The van der Waals surface area contributed by atoms with Crippen molar-refractivity contribution in [3.8, 4) is 0 Å². The fourth-order valence-corrected chi connectivity index (χ4v) is 2.59. The van der Waals surface area contributed by atoms with Gasteiger partial charge in [-0.3, -0.25) is 4.79 Å². The van der Waals surface area contributed by atoms with Crippen molar-refractivity contribution < 1.29 is 9.90 Å². The van der Waals surface area contributed by atoms with Crippen LogP contribution in [0.15, 0.2) is 0 Å². The van der Waals surface area contributed by atoms with Gasteiger partial charge in [0.05, 0.1) is 0 Å². The number of hydrogen-bond acceptors (Lipinski definition) is 2. The lowest BCUT2D eigenvalue weighted by atomic mass is 9.73. The number of carboxylic acids is 1. The maximum atomic E-state index is 11.5. The molecule has 1 fully saturated rings. The zero-order chi connectivity index (χ0) is 12.2. The average Bonchev–Trinajstić information content (AvgIpc) is 2.20. The number of aliphatic carboxylic acids is 1. The molecular weight excluding hydrogens is 202 g/mol. The lowest BCUT2D eigenvalue weighted by molar-refractivity contribution is -0.149. The minimum absolute atomic E-state index is 0.242. The molecule has 16 heavy (non-hydrogen) atoms. The van der Waals surface area contributed by atoms with Gasteiger partial charge in [0.25, 0.3) is 0 Å². The van der Waals surface area contributed by atoms with E-state index >= 15 is 0 Å². The first-order valence-electron chi connectivity index (χ1n) is 6.47. The van der Waals surface area contributed by atoms with Gasteiger partial charge < -0.3 is 10.4 Å². The Labute approximate surface area is 98.6 Å². The molecule has 0 aromatic rings. The van der Waals surface area contributed by atoms with E-state index in [9.17, 15) is 9.90 Å². The third kappa shape index (κ3) is 2.97. The molecule has 0 aliphatic heterocycles. The number of hydrogen-bond donors (Lipinski definition) is 2. The van der Waals surface area contributed by atoms with Gasteiger partial charge in [-0.25, -0.2) is 0 Å². The average molecular weight is 227 g/mol. The van der Waals surface area contributed by atoms with Crippen molar-refractivity contribution in [2.45, 2.75) is 58.4 Å². The smallest absolute Gasteiger partial charge is 0.324 e. The van der Waals surface area contributed by atoms with E-state index in [1.807, 2.05) is 0 Å². The molecular formula is C13H25NO2. The molecule has 0 amide bonds. The van der Waals surface area contributed by atoms with Gasteiger partial charge in [0.2, 0.25) is 0 Å². The van der Waals surface area contributed by atoms with Crippen molar-refractivity contribution >= 4 is 5.97 Å². The molecule has 3 heteroatoms. The Bertz CT molecular complexity index is 240. The first-order valence-corrected chi connectivity index (χ1v) is 6.47. The van der Waals surface area contributed by atoms with Gasteiger partial charge in [-0.2, -0.15) is 0 Å². The van der Waals surface area contributed by atoms with E-state index in [2.05, 4.69) is 26.1 Å². The highest BCUT2D eigenvalue weighted by Crippen LogP contribution is 2.33. The molecule has 3 nitrogen and oxygen atoms in total. The molecule has 0 spiro atoms. The summed E-state index contributed by atoms with van der Waals surface area (Å²) in [4.78, 5) is 11.5. The van der Waals surface area contributed by atoms with Crippen molar-refractivity contribution in [2.75, 3.05) is 6.54 Å². The van der Waals surface area contributed by atoms with Crippen molar-refractivity contribution in [3.05, 3.63) is 0 Å². The summed E-state index contributed by atoms with van der Waals surface area (Å²) in [5, 5.41) is 12.8. The Morgan fingerprint density at radius 1 is 1.50 bits per heavy atom. The van der Waals surface area contributed by atoms with Crippen LogP contribution in [0.2, 0.25) is 0 Å². The summed E-state index contributed by atoms with van der Waals surface area (Å²) in [5.74, 6) is 0.201. The lowest BCUT2D eigenvalue weighted by Gasteiger charge is -2.40. The quantitative estimate of drug-likeness (QED) is 0.759. The van der Waals surface area contributed by atoms with E-state index in [1.54, 1.807) is 0 Å². The van der Waals surface area contributed by atoms with Gasteiger partial charge in [0.15, 0.2) is 0 Å². The zero-order valence-electron chi connectivity index (χ0n) is 10.8. The summed E-state index contributed by atoms with van der Waals surface area (Å²) in [5.41, 5.74) is -0.660. The lowest BCUT2D eigenvalue weighted by Crippen LogP contribution is -2.58. The highest BCUT2D eigenvalue weighted by atomic mass is 16.4. The maximum Gasteiger partial charge on any atom is 0.324 e. The second-order valence-corrected chi connectivity index (χ2v) is 5.53. The number of nitrogens with one attached hydrogen (secondary N) is 1. The van der Waals surface area contributed by atoms with Crippen LogP contribution in [0, 0.1) is 11.8 Å². The van der Waals surface area contributed by atoms with E-state index in [4.69, 9.17) is 0 Å². The predicted molar refractivity (Wildman–Crippen MR) is 65.5 cm³/mol. The SMILES string of the molecule is CC(C)CCNC1(C(=O)O)CCCCC1C. The van der Waals surface area contributed by atoms with Crippen molar-refractivity contribution in [1.82, 2.24) is 5.32 Å². The van der Waals surface area contributed by atoms with Crippen molar-refractivity contribution in [1.29, 1.82) is 0 Å². The Morgan fingerprint density at radius 3 is 2.69 bits per heavy atom. The Kier molecular flexibility index (Phi) is 4.78. The molecule has 0 radical (unpaired) electrons. The minimum atomic E-state index is -0.663. The second-order valence-electron chi connectivity index (χ2n) is 5.53. The fraction of sp³-hybridized carbons (Fsp3) is 0.923. The van der Waals surface area contributed by atoms with Crippen LogP contribution in [-0.2, 0) is 4.79 Å². The van der Waals surface area contributed by atoms with E-state index in [0.29, 0.717) is 5.92 Å². The van der Waals surface area contributed by atoms with E-state index in [1.165, 1.54) is 6.42 Å². The molecule has 1 aliphatic carbocycles. The second kappa shape index (κ2) is 5.67. The van der Waals surface area contributed by atoms with Gasteiger partial charge in [-0.15, -0.1) is 0 Å². The van der Waals surface area contributed by atoms with E-state index in [-0.39, 0.29) is 5.92 Å². The van der Waals surface area contributed by atoms with Crippen LogP contribution in [0.3, 0.4) is 0 Å². The van der Waals surface area contributed by atoms with Gasteiger partial charge in [-0.05, 0) is 37.6 Å². The molecule has 0 heterocycles. The summed E-state index contributed by atoms with van der Waals surface area (Å²) in [6.45, 7) is 7.21. The Balaban J connectivity index is 2.61. The monoisotopic (exact) mass is 227 g/mol. The first kappa shape index (κ1) is 13.5. The molecule has 2 N–H and O–H groups in total. The van der Waals surface area contributed by atoms with E-state index < -0.39 is 11.5 Å². The van der Waals surface area contributed by atoms with Crippen LogP contribution >= 0.6 is 0 Å². The van der Waals surface area contributed by atoms with Gasteiger partial charge in [-0.1, -0.05) is 33.6 Å². The third-order valence-electron chi connectivity index (χ3n) is 3.84. The standard InChI is InChI=1S/C13H25NO2/c1-10(2)7-9-14-13(12(15)16)8-5-4-6-11(13)3/h10-11,14H,4-9H2,1-3H3,(H,15,16). The van der Waals surface area contributed by atoms with Gasteiger partial charge in [0.1, 0.15) is 5.54 Å². The van der Waals surface area contributed by atoms with Crippen LogP contribution in [0.4, 0.5) is 0 Å². The molecule has 0 saturated heterocycles. The van der Waals surface area contributed by atoms with Crippen LogP contribution in [0.25, 0.3) is 0 Å². The summed E-state index contributed by atoms with van der Waals surface area (Å²) < 4.78 is 0. The molecule has 0 bridgehead atoms. The molecule has 1 aliphatic rings. The Morgan fingerprint density at radius 2 is 2.19 bits per heavy atom. The van der Waals surface area contributed by atoms with Gasteiger partial charge >= 0.3 is 5.97 Å². The molecule has 1 rings (SSSR count).